The zero-order chi connectivity index (χ0) is 6.97. The van der Waals surface area contributed by atoms with Crippen molar-refractivity contribution in [1.29, 1.82) is 0 Å². The highest BCUT2D eigenvalue weighted by Gasteiger charge is 2.31. The molecule has 3 fully saturated rings. The minimum absolute atomic E-state index is 0.368. The fourth-order valence-corrected chi connectivity index (χ4v) is 2.12. The summed E-state index contributed by atoms with van der Waals surface area (Å²) in [5.41, 5.74) is 0. The van der Waals surface area contributed by atoms with E-state index in [0.717, 1.165) is 5.92 Å². The average molecular weight is 134 g/mol. The highest BCUT2D eigenvalue weighted by Crippen LogP contribution is 2.31. The Labute approximate surface area is 62.4 Å². The van der Waals surface area contributed by atoms with Gasteiger partial charge in [0.05, 0.1) is 6.04 Å². The van der Waals surface area contributed by atoms with Gasteiger partial charge in [0, 0.05) is 0 Å². The first-order valence-electron chi connectivity index (χ1n) is 4.06. The van der Waals surface area contributed by atoms with Crippen LogP contribution in [0.2, 0.25) is 0 Å². The molecule has 0 aliphatic carbocycles. The van der Waals surface area contributed by atoms with E-state index in [-0.39, 0.29) is 0 Å². The lowest BCUT2D eigenvalue weighted by atomic mass is 9.84. The van der Waals surface area contributed by atoms with E-state index in [4.69, 9.17) is 6.42 Å². The topological polar surface area (TPSA) is 3.24 Å². The zero-order valence-electron chi connectivity index (χ0n) is 6.14. The van der Waals surface area contributed by atoms with Crippen LogP contribution < -0.4 is 0 Å². The van der Waals surface area contributed by atoms with Gasteiger partial charge in [0.25, 0.3) is 0 Å². The van der Waals surface area contributed by atoms with Gasteiger partial charge in [0.15, 0.2) is 0 Å². The summed E-state index contributed by atoms with van der Waals surface area (Å²) >= 11 is 0. The van der Waals surface area contributed by atoms with E-state index in [9.17, 15) is 0 Å². The fourth-order valence-electron chi connectivity index (χ4n) is 2.12. The third-order valence-electron chi connectivity index (χ3n) is 2.81. The van der Waals surface area contributed by atoms with Crippen LogP contribution in [-0.2, 0) is 0 Å². The van der Waals surface area contributed by atoms with Gasteiger partial charge in [-0.05, 0) is 44.7 Å². The van der Waals surface area contributed by atoms with Gasteiger partial charge in [-0.25, -0.2) is 0 Å². The third-order valence-corrected chi connectivity index (χ3v) is 2.81. The molecule has 3 saturated heterocycles. The molecular weight excluding hydrogens is 122 g/mol. The molecule has 0 aromatic heterocycles. The molecule has 1 heteroatoms. The van der Waals surface area contributed by atoms with Crippen molar-refractivity contribution in [2.45, 2.75) is 25.3 Å². The van der Waals surface area contributed by atoms with Crippen LogP contribution in [-0.4, -0.2) is 24.0 Å². The predicted molar refractivity (Wildman–Crippen MR) is 39.8 cm³/mol. The molecule has 0 saturated carbocycles. The molecule has 0 aromatic rings. The van der Waals surface area contributed by atoms with Crippen molar-refractivity contribution in [2.75, 3.05) is 13.1 Å². The molecule has 3 aliphatic heterocycles. The molecule has 0 amide bonds. The summed E-state index contributed by atoms with van der Waals surface area (Å²) in [7, 11) is 0. The smallest absolute Gasteiger partial charge is 0.0727 e. The monoisotopic (exact) mass is 134 g/mol. The molecule has 2 bridgehead atoms. The molecule has 3 rings (SSSR count). The van der Waals surface area contributed by atoms with E-state index in [1.807, 2.05) is 0 Å². The summed E-state index contributed by atoms with van der Waals surface area (Å²) < 4.78 is 0. The SMILES string of the molecule is [C]#CC1CC2CCN1CC2. The number of nitrogens with zero attached hydrogens (tertiary/aromatic N) is 1. The maximum atomic E-state index is 7.06. The van der Waals surface area contributed by atoms with Crippen molar-refractivity contribution in [2.24, 2.45) is 5.92 Å². The van der Waals surface area contributed by atoms with Gasteiger partial charge in [-0.1, -0.05) is 5.92 Å². The van der Waals surface area contributed by atoms with Gasteiger partial charge in [0.1, 0.15) is 0 Å². The number of piperidine rings is 3. The Kier molecular flexibility index (Phi) is 1.43. The van der Waals surface area contributed by atoms with E-state index < -0.39 is 0 Å². The summed E-state index contributed by atoms with van der Waals surface area (Å²) in [6.45, 7) is 2.42. The molecule has 3 heterocycles. The maximum Gasteiger partial charge on any atom is 0.0727 e. The molecule has 0 spiro atoms. The van der Waals surface area contributed by atoms with Crippen LogP contribution in [0.1, 0.15) is 19.3 Å². The zero-order valence-corrected chi connectivity index (χ0v) is 6.14. The van der Waals surface area contributed by atoms with Crippen molar-refractivity contribution in [3.63, 3.8) is 0 Å². The average Bonchev–Trinajstić information content (AvgIpc) is 2.06. The van der Waals surface area contributed by atoms with Gasteiger partial charge in [-0.3, -0.25) is 4.90 Å². The highest BCUT2D eigenvalue weighted by molar-refractivity contribution is 5.01. The molecule has 10 heavy (non-hydrogen) atoms. The van der Waals surface area contributed by atoms with Crippen molar-refractivity contribution < 1.29 is 0 Å². The lowest BCUT2D eigenvalue weighted by molar-refractivity contribution is 0.0781. The molecule has 0 N–H and O–H groups in total. The molecule has 1 unspecified atom stereocenters. The molecule has 53 valence electrons. The van der Waals surface area contributed by atoms with Crippen molar-refractivity contribution >= 4 is 0 Å². The maximum absolute atomic E-state index is 7.06. The quantitative estimate of drug-likeness (QED) is 0.448. The summed E-state index contributed by atoms with van der Waals surface area (Å²) in [4.78, 5) is 2.38. The van der Waals surface area contributed by atoms with Crippen LogP contribution in [0.3, 0.4) is 0 Å². The van der Waals surface area contributed by atoms with Crippen LogP contribution in [0.5, 0.6) is 0 Å². The summed E-state index contributed by atoms with van der Waals surface area (Å²) in [6, 6.07) is 0.368. The second-order valence-corrected chi connectivity index (χ2v) is 3.38. The number of fused-ring (bicyclic) bond motifs is 3. The van der Waals surface area contributed by atoms with Crippen molar-refractivity contribution in [3.8, 4) is 5.92 Å². The Morgan fingerprint density at radius 1 is 1.30 bits per heavy atom. The summed E-state index contributed by atoms with van der Waals surface area (Å²) in [5, 5.41) is 0. The highest BCUT2D eigenvalue weighted by atomic mass is 15.2. The first-order chi connectivity index (χ1) is 4.90. The van der Waals surface area contributed by atoms with Crippen molar-refractivity contribution in [1.82, 2.24) is 4.90 Å². The van der Waals surface area contributed by atoms with Crippen LogP contribution in [0.4, 0.5) is 0 Å². The Hall–Kier alpha value is -0.480. The molecule has 1 atom stereocenters. The van der Waals surface area contributed by atoms with E-state index in [2.05, 4.69) is 10.8 Å². The Morgan fingerprint density at radius 3 is 2.30 bits per heavy atom. The third kappa shape index (κ3) is 0.839. The Balaban J connectivity index is 2.09. The molecule has 0 aromatic carbocycles. The number of hydrogen-bond donors (Lipinski definition) is 0. The van der Waals surface area contributed by atoms with Gasteiger partial charge in [0.2, 0.25) is 0 Å². The fraction of sp³-hybridized carbons (Fsp3) is 0.778. The van der Waals surface area contributed by atoms with Crippen LogP contribution in [0, 0.1) is 18.3 Å². The lowest BCUT2D eigenvalue weighted by Gasteiger charge is -2.42. The van der Waals surface area contributed by atoms with E-state index in [1.54, 1.807) is 0 Å². The number of rotatable bonds is 0. The largest absolute Gasteiger partial charge is 0.290 e. The second kappa shape index (κ2) is 2.29. The molecule has 1 radical (unpaired) electrons. The molecular formula is C9H12N. The summed E-state index contributed by atoms with van der Waals surface area (Å²) in [5.74, 6) is 3.52. The normalized spacial score (nSPS) is 44.9. The minimum Gasteiger partial charge on any atom is -0.290 e. The molecule has 1 nitrogen and oxygen atoms in total. The second-order valence-electron chi connectivity index (χ2n) is 3.38. The van der Waals surface area contributed by atoms with Gasteiger partial charge in [-0.2, -0.15) is 0 Å². The first kappa shape index (κ1) is 6.24. The van der Waals surface area contributed by atoms with Crippen molar-refractivity contribution in [3.05, 3.63) is 6.42 Å². The van der Waals surface area contributed by atoms with Gasteiger partial charge in [-0.15, -0.1) is 0 Å². The van der Waals surface area contributed by atoms with E-state index >= 15 is 0 Å². The van der Waals surface area contributed by atoms with Gasteiger partial charge < -0.3 is 0 Å². The predicted octanol–water partition coefficient (Wildman–Crippen LogP) is 1.06. The van der Waals surface area contributed by atoms with Crippen LogP contribution >= 0.6 is 0 Å². The molecule has 3 aliphatic rings. The Morgan fingerprint density at radius 2 is 2.00 bits per heavy atom. The number of hydrogen-bond acceptors (Lipinski definition) is 1. The Bertz CT molecular complexity index is 160. The first-order valence-corrected chi connectivity index (χ1v) is 4.06. The van der Waals surface area contributed by atoms with E-state index in [0.29, 0.717) is 6.04 Å². The van der Waals surface area contributed by atoms with Gasteiger partial charge >= 0.3 is 0 Å². The standard InChI is InChI=1S/C9H12N/c1-2-9-7-8-3-5-10(9)6-4-8/h8-9H,3-7H2. The minimum atomic E-state index is 0.368. The van der Waals surface area contributed by atoms with Crippen LogP contribution in [0.15, 0.2) is 0 Å². The summed E-state index contributed by atoms with van der Waals surface area (Å²) in [6.07, 6.45) is 11.0. The van der Waals surface area contributed by atoms with E-state index in [1.165, 1.54) is 32.4 Å². The van der Waals surface area contributed by atoms with Crippen LogP contribution in [0.25, 0.3) is 0 Å². The lowest BCUT2D eigenvalue weighted by Crippen LogP contribution is -2.47.